The van der Waals surface area contributed by atoms with Crippen LogP contribution < -0.4 is 10.1 Å². The Hall–Kier alpha value is -1.22. The van der Waals surface area contributed by atoms with Crippen LogP contribution in [0.15, 0.2) is 42.5 Å². The van der Waals surface area contributed by atoms with Crippen molar-refractivity contribution in [1.82, 2.24) is 5.32 Å². The van der Waals surface area contributed by atoms with Crippen molar-refractivity contribution in [3.63, 3.8) is 0 Å². The Kier molecular flexibility index (Phi) is 5.92. The number of halogens is 2. The van der Waals surface area contributed by atoms with E-state index in [0.29, 0.717) is 21.7 Å². The Labute approximate surface area is 136 Å². The van der Waals surface area contributed by atoms with Crippen LogP contribution in [-0.2, 0) is 6.54 Å². The van der Waals surface area contributed by atoms with E-state index in [2.05, 4.69) is 19.2 Å². The lowest BCUT2D eigenvalue weighted by atomic mass is 10.2. The van der Waals surface area contributed by atoms with Crippen LogP contribution in [0.3, 0.4) is 0 Å². The summed E-state index contributed by atoms with van der Waals surface area (Å²) in [6.45, 7) is 6.10. The third-order valence-corrected chi connectivity index (χ3v) is 3.48. The van der Waals surface area contributed by atoms with Gasteiger partial charge in [-0.25, -0.2) is 0 Å². The zero-order valence-electron chi connectivity index (χ0n) is 12.2. The quantitative estimate of drug-likeness (QED) is 0.754. The Morgan fingerprint density at radius 3 is 2.52 bits per heavy atom. The molecule has 0 saturated heterocycles. The summed E-state index contributed by atoms with van der Waals surface area (Å²) in [6, 6.07) is 13.2. The van der Waals surface area contributed by atoms with Crippen molar-refractivity contribution in [1.29, 1.82) is 0 Å². The molecule has 2 rings (SSSR count). The van der Waals surface area contributed by atoms with E-state index in [9.17, 15) is 0 Å². The Bertz CT molecular complexity index is 599. The summed E-state index contributed by atoms with van der Waals surface area (Å²) in [7, 11) is 0. The molecule has 0 atom stereocenters. The normalized spacial score (nSPS) is 10.9. The van der Waals surface area contributed by atoms with E-state index < -0.39 is 0 Å². The van der Waals surface area contributed by atoms with Crippen molar-refractivity contribution < 1.29 is 4.74 Å². The topological polar surface area (TPSA) is 21.3 Å². The minimum absolute atomic E-state index is 0.507. The summed E-state index contributed by atoms with van der Waals surface area (Å²) in [5.74, 6) is 2.03. The van der Waals surface area contributed by atoms with Gasteiger partial charge in [0.05, 0.1) is 5.02 Å². The number of hydrogen-bond donors (Lipinski definition) is 1. The first-order chi connectivity index (χ1) is 10.1. The maximum absolute atomic E-state index is 6.15. The molecule has 0 amide bonds. The largest absolute Gasteiger partial charge is 0.455 e. The molecule has 0 aliphatic carbocycles. The summed E-state index contributed by atoms with van der Waals surface area (Å²) in [5, 5.41) is 4.52. The Balaban J connectivity index is 2.12. The van der Waals surface area contributed by atoms with Crippen LogP contribution in [0.5, 0.6) is 11.5 Å². The zero-order valence-corrected chi connectivity index (χ0v) is 13.7. The molecule has 0 spiro atoms. The molecule has 2 nitrogen and oxygen atoms in total. The maximum atomic E-state index is 6.15. The molecule has 112 valence electrons. The number of rotatable bonds is 6. The second-order valence-corrected chi connectivity index (χ2v) is 6.15. The van der Waals surface area contributed by atoms with E-state index in [1.807, 2.05) is 24.3 Å². The van der Waals surface area contributed by atoms with Crippen LogP contribution >= 0.6 is 23.2 Å². The van der Waals surface area contributed by atoms with Crippen molar-refractivity contribution in [3.05, 3.63) is 58.1 Å². The molecule has 0 aliphatic heterocycles. The second kappa shape index (κ2) is 7.69. The highest BCUT2D eigenvalue weighted by atomic mass is 35.5. The SMILES string of the molecule is CC(C)CNCc1ccccc1Oc1ccc(Cl)cc1Cl. The van der Waals surface area contributed by atoms with Gasteiger partial charge in [-0.05, 0) is 36.7 Å². The molecule has 0 heterocycles. The van der Waals surface area contributed by atoms with Crippen molar-refractivity contribution >= 4 is 23.2 Å². The molecule has 0 radical (unpaired) electrons. The summed E-state index contributed by atoms with van der Waals surface area (Å²) in [5.41, 5.74) is 1.10. The summed E-state index contributed by atoms with van der Waals surface area (Å²) in [4.78, 5) is 0. The van der Waals surface area contributed by atoms with Gasteiger partial charge in [-0.1, -0.05) is 55.2 Å². The van der Waals surface area contributed by atoms with Crippen LogP contribution in [0.2, 0.25) is 10.0 Å². The molecule has 4 heteroatoms. The average Bonchev–Trinajstić information content (AvgIpc) is 2.43. The molecule has 2 aromatic carbocycles. The number of hydrogen-bond acceptors (Lipinski definition) is 2. The molecule has 1 N–H and O–H groups in total. The van der Waals surface area contributed by atoms with Crippen LogP contribution in [0, 0.1) is 5.92 Å². The number of ether oxygens (including phenoxy) is 1. The Morgan fingerprint density at radius 2 is 1.81 bits per heavy atom. The summed E-state index contributed by atoms with van der Waals surface area (Å²) in [6.07, 6.45) is 0. The predicted molar refractivity (Wildman–Crippen MR) is 89.5 cm³/mol. The van der Waals surface area contributed by atoms with Gasteiger partial charge in [-0.2, -0.15) is 0 Å². The van der Waals surface area contributed by atoms with Crippen molar-refractivity contribution in [3.8, 4) is 11.5 Å². The third-order valence-electron chi connectivity index (χ3n) is 2.95. The smallest absolute Gasteiger partial charge is 0.146 e. The van der Waals surface area contributed by atoms with Crippen LogP contribution in [0.4, 0.5) is 0 Å². The fourth-order valence-corrected chi connectivity index (χ4v) is 2.37. The van der Waals surface area contributed by atoms with Crippen molar-refractivity contribution in [2.45, 2.75) is 20.4 Å². The van der Waals surface area contributed by atoms with E-state index in [-0.39, 0.29) is 0 Å². The minimum atomic E-state index is 0.507. The standard InChI is InChI=1S/C17H19Cl2NO/c1-12(2)10-20-11-13-5-3-4-6-16(13)21-17-8-7-14(18)9-15(17)19/h3-9,12,20H,10-11H2,1-2H3. The lowest BCUT2D eigenvalue weighted by Crippen LogP contribution is -2.19. The predicted octanol–water partition coefficient (Wildman–Crippen LogP) is 5.53. The first kappa shape index (κ1) is 16.2. The first-order valence-electron chi connectivity index (χ1n) is 6.98. The van der Waals surface area contributed by atoms with Gasteiger partial charge in [0.2, 0.25) is 0 Å². The fourth-order valence-electron chi connectivity index (χ4n) is 1.92. The summed E-state index contributed by atoms with van der Waals surface area (Å²) >= 11 is 12.1. The number of benzene rings is 2. The fraction of sp³-hybridized carbons (Fsp3) is 0.294. The van der Waals surface area contributed by atoms with Gasteiger partial charge in [0.15, 0.2) is 0 Å². The average molecular weight is 324 g/mol. The van der Waals surface area contributed by atoms with E-state index >= 15 is 0 Å². The second-order valence-electron chi connectivity index (χ2n) is 5.31. The first-order valence-corrected chi connectivity index (χ1v) is 7.73. The van der Waals surface area contributed by atoms with E-state index in [4.69, 9.17) is 27.9 Å². The maximum Gasteiger partial charge on any atom is 0.146 e. The molecular weight excluding hydrogens is 305 g/mol. The van der Waals surface area contributed by atoms with Gasteiger partial charge in [0.1, 0.15) is 11.5 Å². The Morgan fingerprint density at radius 1 is 1.05 bits per heavy atom. The lowest BCUT2D eigenvalue weighted by Gasteiger charge is -2.13. The van der Waals surface area contributed by atoms with Gasteiger partial charge in [0.25, 0.3) is 0 Å². The monoisotopic (exact) mass is 323 g/mol. The molecule has 0 unspecified atom stereocenters. The number of nitrogens with one attached hydrogen (secondary N) is 1. The van der Waals surface area contributed by atoms with Gasteiger partial charge < -0.3 is 10.1 Å². The number of para-hydroxylation sites is 1. The summed E-state index contributed by atoms with van der Waals surface area (Å²) < 4.78 is 5.92. The van der Waals surface area contributed by atoms with Gasteiger partial charge >= 0.3 is 0 Å². The highest BCUT2D eigenvalue weighted by molar-refractivity contribution is 6.35. The van der Waals surface area contributed by atoms with E-state index in [1.165, 1.54) is 0 Å². The van der Waals surface area contributed by atoms with E-state index in [0.717, 1.165) is 24.4 Å². The van der Waals surface area contributed by atoms with Crippen LogP contribution in [0.25, 0.3) is 0 Å². The van der Waals surface area contributed by atoms with Gasteiger partial charge in [-0.15, -0.1) is 0 Å². The van der Waals surface area contributed by atoms with E-state index in [1.54, 1.807) is 18.2 Å². The molecular formula is C17H19Cl2NO. The molecule has 21 heavy (non-hydrogen) atoms. The van der Waals surface area contributed by atoms with Crippen molar-refractivity contribution in [2.24, 2.45) is 5.92 Å². The molecule has 0 aromatic heterocycles. The van der Waals surface area contributed by atoms with Gasteiger partial charge in [0, 0.05) is 17.1 Å². The zero-order chi connectivity index (χ0) is 15.2. The molecule has 0 aliphatic rings. The van der Waals surface area contributed by atoms with Gasteiger partial charge in [-0.3, -0.25) is 0 Å². The highest BCUT2D eigenvalue weighted by Gasteiger charge is 2.08. The molecule has 2 aromatic rings. The highest BCUT2D eigenvalue weighted by Crippen LogP contribution is 2.32. The van der Waals surface area contributed by atoms with Crippen LogP contribution in [-0.4, -0.2) is 6.54 Å². The minimum Gasteiger partial charge on any atom is -0.455 e. The van der Waals surface area contributed by atoms with Crippen LogP contribution in [0.1, 0.15) is 19.4 Å². The third kappa shape index (κ3) is 4.92. The molecule has 0 saturated carbocycles. The lowest BCUT2D eigenvalue weighted by molar-refractivity contribution is 0.469. The molecule has 0 bridgehead atoms. The van der Waals surface area contributed by atoms with Crippen molar-refractivity contribution in [2.75, 3.05) is 6.54 Å². The molecule has 0 fully saturated rings.